The Labute approximate surface area is 136 Å². The second-order valence-corrected chi connectivity index (χ2v) is 5.80. The summed E-state index contributed by atoms with van der Waals surface area (Å²) in [7, 11) is 0. The summed E-state index contributed by atoms with van der Waals surface area (Å²) < 4.78 is 0. The maximum absolute atomic E-state index is 12.3. The molecule has 0 bridgehead atoms. The highest BCUT2D eigenvalue weighted by Crippen LogP contribution is 2.22. The lowest BCUT2D eigenvalue weighted by atomic mass is 9.97. The summed E-state index contributed by atoms with van der Waals surface area (Å²) in [5.74, 6) is -0.538. The number of hydrogen-bond donors (Lipinski definition) is 2. The molecule has 120 valence electrons. The van der Waals surface area contributed by atoms with Gasteiger partial charge in [-0.15, -0.1) is 0 Å². The molecule has 2 aromatic rings. The fourth-order valence-electron chi connectivity index (χ4n) is 2.60. The second kappa shape index (κ2) is 8.13. The van der Waals surface area contributed by atoms with E-state index in [0.29, 0.717) is 0 Å². The molecule has 0 aromatic heterocycles. The smallest absolute Gasteiger partial charge is 0.221 e. The molecule has 0 saturated carbocycles. The Morgan fingerprint density at radius 2 is 1.39 bits per heavy atom. The third kappa shape index (κ3) is 5.25. The first-order chi connectivity index (χ1) is 11.1. The molecular weight excluding hydrogens is 288 g/mol. The van der Waals surface area contributed by atoms with Gasteiger partial charge in [0.2, 0.25) is 11.8 Å². The topological polar surface area (TPSA) is 72.2 Å². The Morgan fingerprint density at radius 3 is 1.83 bits per heavy atom. The van der Waals surface area contributed by atoms with E-state index >= 15 is 0 Å². The molecule has 2 amide bonds. The fourth-order valence-corrected chi connectivity index (χ4v) is 2.60. The molecule has 0 saturated heterocycles. The first-order valence-electron chi connectivity index (χ1n) is 7.74. The van der Waals surface area contributed by atoms with Crippen LogP contribution in [0.3, 0.4) is 0 Å². The molecule has 4 nitrogen and oxygen atoms in total. The van der Waals surface area contributed by atoms with Crippen LogP contribution < -0.4 is 11.1 Å². The van der Waals surface area contributed by atoms with Crippen molar-refractivity contribution in [1.29, 1.82) is 0 Å². The molecule has 0 spiro atoms. The van der Waals surface area contributed by atoms with Gasteiger partial charge in [-0.25, -0.2) is 0 Å². The molecule has 0 radical (unpaired) electrons. The van der Waals surface area contributed by atoms with Crippen molar-refractivity contribution >= 4 is 11.8 Å². The Hall–Kier alpha value is -2.62. The Bertz CT molecular complexity index is 601. The van der Waals surface area contributed by atoms with Gasteiger partial charge in [-0.05, 0) is 17.0 Å². The van der Waals surface area contributed by atoms with Crippen molar-refractivity contribution in [2.45, 2.75) is 25.8 Å². The van der Waals surface area contributed by atoms with Crippen LogP contribution in [0, 0.1) is 5.92 Å². The van der Waals surface area contributed by atoms with Crippen molar-refractivity contribution in [2.24, 2.45) is 11.7 Å². The Kier molecular flexibility index (Phi) is 5.92. The highest BCUT2D eigenvalue weighted by atomic mass is 16.2. The van der Waals surface area contributed by atoms with Gasteiger partial charge in [-0.1, -0.05) is 67.6 Å². The van der Waals surface area contributed by atoms with Gasteiger partial charge in [0.25, 0.3) is 0 Å². The van der Waals surface area contributed by atoms with Crippen molar-refractivity contribution in [3.8, 4) is 0 Å². The number of hydrogen-bond acceptors (Lipinski definition) is 2. The first kappa shape index (κ1) is 16.7. The van der Waals surface area contributed by atoms with Crippen molar-refractivity contribution in [3.05, 3.63) is 71.8 Å². The minimum Gasteiger partial charge on any atom is -0.370 e. The van der Waals surface area contributed by atoms with Crippen molar-refractivity contribution < 1.29 is 9.59 Å². The van der Waals surface area contributed by atoms with E-state index in [4.69, 9.17) is 5.73 Å². The van der Waals surface area contributed by atoms with Crippen LogP contribution in [0.4, 0.5) is 0 Å². The number of primary amides is 1. The average molecular weight is 310 g/mol. The lowest BCUT2D eigenvalue weighted by Crippen LogP contribution is -2.31. The summed E-state index contributed by atoms with van der Waals surface area (Å²) in [5, 5.41) is 3.06. The molecule has 0 aliphatic carbocycles. The van der Waals surface area contributed by atoms with Crippen molar-refractivity contribution in [2.75, 3.05) is 0 Å². The number of rotatable bonds is 7. The summed E-state index contributed by atoms with van der Waals surface area (Å²) in [5.41, 5.74) is 7.23. The van der Waals surface area contributed by atoms with E-state index in [-0.39, 0.29) is 36.6 Å². The second-order valence-electron chi connectivity index (χ2n) is 5.80. The number of benzene rings is 2. The van der Waals surface area contributed by atoms with E-state index in [1.54, 1.807) is 0 Å². The van der Waals surface area contributed by atoms with E-state index in [1.807, 2.05) is 67.6 Å². The minimum absolute atomic E-state index is 0.0697. The quantitative estimate of drug-likeness (QED) is 0.825. The molecular formula is C19H22N2O2. The van der Waals surface area contributed by atoms with Gasteiger partial charge in [0.1, 0.15) is 0 Å². The molecule has 0 aliphatic rings. The van der Waals surface area contributed by atoms with Crippen LogP contribution in [0.1, 0.15) is 36.9 Å². The maximum Gasteiger partial charge on any atom is 0.221 e. The van der Waals surface area contributed by atoms with E-state index in [9.17, 15) is 9.59 Å². The highest BCUT2D eigenvalue weighted by molar-refractivity contribution is 5.79. The lowest BCUT2D eigenvalue weighted by Gasteiger charge is -2.21. The van der Waals surface area contributed by atoms with Crippen LogP contribution in [-0.4, -0.2) is 11.8 Å². The van der Waals surface area contributed by atoms with Gasteiger partial charge >= 0.3 is 0 Å². The molecule has 0 heterocycles. The van der Waals surface area contributed by atoms with E-state index in [2.05, 4.69) is 5.32 Å². The summed E-state index contributed by atoms with van der Waals surface area (Å²) in [6.45, 7) is 1.85. The molecule has 0 aliphatic heterocycles. The molecule has 1 unspecified atom stereocenters. The van der Waals surface area contributed by atoms with Crippen LogP contribution >= 0.6 is 0 Å². The van der Waals surface area contributed by atoms with Crippen molar-refractivity contribution in [3.63, 3.8) is 0 Å². The summed E-state index contributed by atoms with van der Waals surface area (Å²) in [6, 6.07) is 19.5. The zero-order valence-corrected chi connectivity index (χ0v) is 13.2. The summed E-state index contributed by atoms with van der Waals surface area (Å²) in [6.07, 6.45) is 0.494. The average Bonchev–Trinajstić information content (AvgIpc) is 2.53. The zero-order valence-electron chi connectivity index (χ0n) is 13.2. The van der Waals surface area contributed by atoms with E-state index < -0.39 is 0 Å². The number of carbonyl (C=O) groups is 2. The highest BCUT2D eigenvalue weighted by Gasteiger charge is 2.18. The number of carbonyl (C=O) groups excluding carboxylic acids is 2. The van der Waals surface area contributed by atoms with Gasteiger partial charge in [0.05, 0.1) is 6.04 Å². The predicted molar refractivity (Wildman–Crippen MR) is 90.5 cm³/mol. The van der Waals surface area contributed by atoms with Crippen LogP contribution in [0.5, 0.6) is 0 Å². The van der Waals surface area contributed by atoms with Crippen LogP contribution in [-0.2, 0) is 9.59 Å². The normalized spacial score (nSPS) is 11.9. The van der Waals surface area contributed by atoms with Crippen molar-refractivity contribution in [1.82, 2.24) is 5.32 Å². The van der Waals surface area contributed by atoms with Gasteiger partial charge in [0, 0.05) is 12.8 Å². The summed E-state index contributed by atoms with van der Waals surface area (Å²) >= 11 is 0. The largest absolute Gasteiger partial charge is 0.370 e. The van der Waals surface area contributed by atoms with E-state index in [0.717, 1.165) is 11.1 Å². The number of nitrogens with two attached hydrogens (primary N) is 1. The molecule has 2 rings (SSSR count). The molecule has 1 atom stereocenters. The van der Waals surface area contributed by atoms with Crippen LogP contribution in [0.2, 0.25) is 0 Å². The zero-order chi connectivity index (χ0) is 16.7. The van der Waals surface area contributed by atoms with Gasteiger partial charge < -0.3 is 11.1 Å². The van der Waals surface area contributed by atoms with Gasteiger partial charge in [0.15, 0.2) is 0 Å². The Balaban J connectivity index is 2.13. The van der Waals surface area contributed by atoms with Crippen LogP contribution in [0.25, 0.3) is 0 Å². The maximum atomic E-state index is 12.3. The van der Waals surface area contributed by atoms with Gasteiger partial charge in [-0.3, -0.25) is 9.59 Å². The van der Waals surface area contributed by atoms with Crippen LogP contribution in [0.15, 0.2) is 60.7 Å². The molecule has 3 N–H and O–H groups in total. The SMILES string of the molecule is CC(CC(N)=O)CC(=O)NC(c1ccccc1)c1ccccc1. The lowest BCUT2D eigenvalue weighted by molar-refractivity contribution is -0.123. The molecule has 2 aromatic carbocycles. The molecule has 0 fully saturated rings. The summed E-state index contributed by atoms with van der Waals surface area (Å²) in [4.78, 5) is 23.3. The monoisotopic (exact) mass is 310 g/mol. The molecule has 23 heavy (non-hydrogen) atoms. The van der Waals surface area contributed by atoms with Gasteiger partial charge in [-0.2, -0.15) is 0 Å². The fraction of sp³-hybridized carbons (Fsp3) is 0.263. The standard InChI is InChI=1S/C19H22N2O2/c1-14(12-17(20)22)13-18(23)21-19(15-8-4-2-5-9-15)16-10-6-3-7-11-16/h2-11,14,19H,12-13H2,1H3,(H2,20,22)(H,21,23). The minimum atomic E-state index is -0.382. The first-order valence-corrected chi connectivity index (χ1v) is 7.74. The molecule has 4 heteroatoms. The Morgan fingerprint density at radius 1 is 0.913 bits per heavy atom. The number of amides is 2. The third-order valence-electron chi connectivity index (χ3n) is 3.65. The predicted octanol–water partition coefficient (Wildman–Crippen LogP) is 2.79. The third-order valence-corrected chi connectivity index (χ3v) is 3.65. The number of nitrogens with one attached hydrogen (secondary N) is 1. The van der Waals surface area contributed by atoms with E-state index in [1.165, 1.54) is 0 Å².